The Morgan fingerprint density at radius 2 is 1.74 bits per heavy atom. The molecule has 0 spiro atoms. The first kappa shape index (κ1) is 23.9. The molecule has 1 unspecified atom stereocenters. The van der Waals surface area contributed by atoms with E-state index in [1.165, 1.54) is 11.6 Å². The Morgan fingerprint density at radius 3 is 2.32 bits per heavy atom. The summed E-state index contributed by atoms with van der Waals surface area (Å²) in [5, 5.41) is 4.45. The molecule has 0 saturated carbocycles. The van der Waals surface area contributed by atoms with Crippen molar-refractivity contribution in [2.75, 3.05) is 31.1 Å². The van der Waals surface area contributed by atoms with Crippen LogP contribution < -0.4 is 10.5 Å². The number of halogens is 1. The van der Waals surface area contributed by atoms with Crippen LogP contribution in [0.5, 0.6) is 0 Å². The first-order chi connectivity index (χ1) is 16.2. The number of carbonyl (C=O) groups excluding carboxylic acids is 2. The molecule has 1 aliphatic rings. The standard InChI is InChI=1S/C25H28ClN5O3/c1-15-21(18(4)32)16(2)28-23(15)24(33)17(3)29-10-12-30(13-11-29)20-14-27-31(25(34)22(20)26)19-8-6-5-7-9-19/h5-9,14,17,28H,10-13H2,1-4H3. The van der Waals surface area contributed by atoms with Crippen molar-refractivity contribution in [3.63, 3.8) is 0 Å². The van der Waals surface area contributed by atoms with Gasteiger partial charge in [0.1, 0.15) is 5.02 Å². The Labute approximate surface area is 203 Å². The van der Waals surface area contributed by atoms with E-state index >= 15 is 0 Å². The molecule has 9 heteroatoms. The maximum Gasteiger partial charge on any atom is 0.292 e. The van der Waals surface area contributed by atoms with Gasteiger partial charge in [-0.25, -0.2) is 0 Å². The van der Waals surface area contributed by atoms with E-state index in [2.05, 4.69) is 15.0 Å². The van der Waals surface area contributed by atoms with Crippen molar-refractivity contribution in [2.24, 2.45) is 0 Å². The van der Waals surface area contributed by atoms with Gasteiger partial charge in [-0.2, -0.15) is 9.78 Å². The molecular weight excluding hydrogens is 454 g/mol. The number of hydrogen-bond donors (Lipinski definition) is 1. The van der Waals surface area contributed by atoms with Crippen molar-refractivity contribution in [2.45, 2.75) is 33.7 Å². The fraction of sp³-hybridized carbons (Fsp3) is 0.360. The van der Waals surface area contributed by atoms with Crippen LogP contribution in [0.15, 0.2) is 41.3 Å². The summed E-state index contributed by atoms with van der Waals surface area (Å²) in [6.45, 7) is 9.49. The molecule has 0 amide bonds. The van der Waals surface area contributed by atoms with Gasteiger partial charge in [-0.3, -0.25) is 19.3 Å². The van der Waals surface area contributed by atoms with Gasteiger partial charge in [-0.1, -0.05) is 29.8 Å². The lowest BCUT2D eigenvalue weighted by Gasteiger charge is -2.38. The molecule has 1 atom stereocenters. The van der Waals surface area contributed by atoms with Gasteiger partial charge in [0.2, 0.25) is 0 Å². The fourth-order valence-electron chi connectivity index (χ4n) is 4.65. The van der Waals surface area contributed by atoms with E-state index in [1.807, 2.05) is 43.9 Å². The number of benzene rings is 1. The minimum Gasteiger partial charge on any atom is -0.366 e. The van der Waals surface area contributed by atoms with Gasteiger partial charge < -0.3 is 9.88 Å². The molecule has 1 saturated heterocycles. The van der Waals surface area contributed by atoms with Crippen LogP contribution in [-0.2, 0) is 0 Å². The molecule has 3 aromatic rings. The number of piperazine rings is 1. The summed E-state index contributed by atoms with van der Waals surface area (Å²) in [5.41, 5.74) is 3.40. The summed E-state index contributed by atoms with van der Waals surface area (Å²) in [7, 11) is 0. The Kier molecular flexibility index (Phi) is 6.72. The molecule has 3 heterocycles. The van der Waals surface area contributed by atoms with Crippen molar-refractivity contribution in [3.8, 4) is 5.69 Å². The highest BCUT2D eigenvalue weighted by Crippen LogP contribution is 2.25. The second kappa shape index (κ2) is 9.56. The van der Waals surface area contributed by atoms with Gasteiger partial charge in [0.15, 0.2) is 11.6 Å². The molecule has 1 aromatic carbocycles. The van der Waals surface area contributed by atoms with E-state index in [0.29, 0.717) is 54.4 Å². The van der Waals surface area contributed by atoms with Gasteiger partial charge in [-0.15, -0.1) is 0 Å². The first-order valence-corrected chi connectivity index (χ1v) is 11.6. The number of carbonyl (C=O) groups is 2. The summed E-state index contributed by atoms with van der Waals surface area (Å²) >= 11 is 6.46. The number of aromatic amines is 1. The van der Waals surface area contributed by atoms with Gasteiger partial charge in [0.25, 0.3) is 5.56 Å². The summed E-state index contributed by atoms with van der Waals surface area (Å²) < 4.78 is 1.29. The number of para-hydroxylation sites is 1. The minimum absolute atomic E-state index is 0.0355. The van der Waals surface area contributed by atoms with E-state index in [0.717, 1.165) is 5.69 Å². The number of H-pyrrole nitrogens is 1. The third kappa shape index (κ3) is 4.31. The maximum atomic E-state index is 13.2. The smallest absolute Gasteiger partial charge is 0.292 e. The molecule has 4 rings (SSSR count). The molecule has 34 heavy (non-hydrogen) atoms. The molecule has 2 aromatic heterocycles. The Hall–Kier alpha value is -3.23. The van der Waals surface area contributed by atoms with E-state index in [9.17, 15) is 14.4 Å². The van der Waals surface area contributed by atoms with Crippen LogP contribution in [0, 0.1) is 13.8 Å². The molecule has 1 aliphatic heterocycles. The van der Waals surface area contributed by atoms with E-state index in [1.54, 1.807) is 18.3 Å². The number of nitrogens with zero attached hydrogens (tertiary/aromatic N) is 4. The summed E-state index contributed by atoms with van der Waals surface area (Å²) in [5.74, 6) is -0.0852. The number of aryl methyl sites for hydroxylation is 1. The van der Waals surface area contributed by atoms with Crippen molar-refractivity contribution < 1.29 is 9.59 Å². The van der Waals surface area contributed by atoms with Gasteiger partial charge in [0.05, 0.1) is 29.3 Å². The third-order valence-corrected chi connectivity index (χ3v) is 6.87. The van der Waals surface area contributed by atoms with E-state index < -0.39 is 0 Å². The zero-order valence-corrected chi connectivity index (χ0v) is 20.5. The lowest BCUT2D eigenvalue weighted by molar-refractivity contribution is 0.0824. The molecular formula is C25H28ClN5O3. The van der Waals surface area contributed by atoms with Crippen molar-refractivity contribution in [1.82, 2.24) is 19.7 Å². The highest BCUT2D eigenvalue weighted by Gasteiger charge is 2.30. The zero-order chi connectivity index (χ0) is 24.6. The van der Waals surface area contributed by atoms with Crippen LogP contribution in [0.1, 0.15) is 46.0 Å². The fourth-order valence-corrected chi connectivity index (χ4v) is 4.90. The van der Waals surface area contributed by atoms with Crippen LogP contribution in [0.4, 0.5) is 5.69 Å². The van der Waals surface area contributed by atoms with Crippen molar-refractivity contribution in [3.05, 3.63) is 74.4 Å². The van der Waals surface area contributed by atoms with Gasteiger partial charge in [0, 0.05) is 37.4 Å². The molecule has 0 radical (unpaired) electrons. The lowest BCUT2D eigenvalue weighted by Crippen LogP contribution is -2.52. The van der Waals surface area contributed by atoms with Gasteiger partial charge in [-0.05, 0) is 45.4 Å². The Morgan fingerprint density at radius 1 is 1.09 bits per heavy atom. The molecule has 178 valence electrons. The Bertz CT molecular complexity index is 1290. The highest BCUT2D eigenvalue weighted by molar-refractivity contribution is 6.33. The van der Waals surface area contributed by atoms with Crippen molar-refractivity contribution in [1.29, 1.82) is 0 Å². The molecule has 1 N–H and O–H groups in total. The van der Waals surface area contributed by atoms with Gasteiger partial charge >= 0.3 is 0 Å². The second-order valence-electron chi connectivity index (χ2n) is 8.64. The molecule has 0 aliphatic carbocycles. The number of Topliss-reactive ketones (excluding diaryl/α,β-unsaturated/α-hetero) is 2. The molecule has 1 fully saturated rings. The second-order valence-corrected chi connectivity index (χ2v) is 9.02. The van der Waals surface area contributed by atoms with E-state index in [-0.39, 0.29) is 28.2 Å². The van der Waals surface area contributed by atoms with Crippen LogP contribution in [-0.4, -0.2) is 63.5 Å². The maximum absolute atomic E-state index is 13.2. The number of aromatic nitrogens is 3. The molecule has 8 nitrogen and oxygen atoms in total. The summed E-state index contributed by atoms with van der Waals surface area (Å²) in [6.07, 6.45) is 1.62. The number of anilines is 1. The lowest BCUT2D eigenvalue weighted by atomic mass is 10.0. The summed E-state index contributed by atoms with van der Waals surface area (Å²) in [6, 6.07) is 8.80. The van der Waals surface area contributed by atoms with Crippen LogP contribution in [0.3, 0.4) is 0 Å². The Balaban J connectivity index is 1.47. The third-order valence-electron chi connectivity index (χ3n) is 6.52. The van der Waals surface area contributed by atoms with Crippen LogP contribution in [0.2, 0.25) is 5.02 Å². The normalized spacial score (nSPS) is 15.4. The van der Waals surface area contributed by atoms with Crippen LogP contribution >= 0.6 is 11.6 Å². The average molecular weight is 482 g/mol. The zero-order valence-electron chi connectivity index (χ0n) is 19.8. The topological polar surface area (TPSA) is 91.3 Å². The minimum atomic E-state index is -0.366. The average Bonchev–Trinajstić information content (AvgIpc) is 3.14. The number of ketones is 2. The monoisotopic (exact) mass is 481 g/mol. The number of rotatable bonds is 6. The number of nitrogens with one attached hydrogen (secondary N) is 1. The predicted octanol–water partition coefficient (Wildman–Crippen LogP) is 3.43. The van der Waals surface area contributed by atoms with Crippen LogP contribution in [0.25, 0.3) is 5.69 Å². The number of hydrogen-bond acceptors (Lipinski definition) is 6. The van der Waals surface area contributed by atoms with Crippen molar-refractivity contribution >= 4 is 28.9 Å². The summed E-state index contributed by atoms with van der Waals surface area (Å²) in [4.78, 5) is 45.2. The van der Waals surface area contributed by atoms with E-state index in [4.69, 9.17) is 11.6 Å². The molecule has 0 bridgehead atoms. The SMILES string of the molecule is CC(=O)c1c(C)[nH]c(C(=O)C(C)N2CCN(c3cnn(-c4ccccc4)c(=O)c3Cl)CC2)c1C. The quantitative estimate of drug-likeness (QED) is 0.542. The highest BCUT2D eigenvalue weighted by atomic mass is 35.5. The predicted molar refractivity (Wildman–Crippen MR) is 133 cm³/mol. The largest absolute Gasteiger partial charge is 0.366 e. The first-order valence-electron chi connectivity index (χ1n) is 11.3.